The van der Waals surface area contributed by atoms with Crippen molar-refractivity contribution in [1.82, 2.24) is 0 Å². The molecule has 0 heterocycles. The van der Waals surface area contributed by atoms with Crippen molar-refractivity contribution in [1.29, 1.82) is 0 Å². The molecule has 0 bridgehead atoms. The van der Waals surface area contributed by atoms with Crippen LogP contribution in [0.25, 0.3) is 11.1 Å². The number of ether oxygens (including phenoxy) is 1. The summed E-state index contributed by atoms with van der Waals surface area (Å²) in [5.41, 5.74) is 3.61. The topological polar surface area (TPSA) is 26.3 Å². The van der Waals surface area contributed by atoms with Crippen LogP contribution in [0, 0.1) is 29.3 Å². The molecule has 3 aromatic rings. The monoisotopic (exact) mass is 380 g/mol. The molecule has 2 fully saturated rings. The molecule has 0 spiro atoms. The van der Waals surface area contributed by atoms with Gasteiger partial charge in [0.15, 0.2) is 17.5 Å². The molecule has 0 saturated heterocycles. The van der Waals surface area contributed by atoms with Gasteiger partial charge in [0.05, 0.1) is 5.56 Å². The number of esters is 1. The van der Waals surface area contributed by atoms with Crippen LogP contribution in [0.4, 0.5) is 13.2 Å². The van der Waals surface area contributed by atoms with Gasteiger partial charge in [-0.2, -0.15) is 0 Å². The molecule has 0 aliphatic heterocycles. The standard InChI is InChI=1S/C23H15F3O2/c24-19-9-16(10-20(25)22(19)26)28-23(27)15-7-3-13(4-8-15)12-1-5-14(6-2-12)21-17-11-18(17)21/h1-10,17-18,21H,11H2. The van der Waals surface area contributed by atoms with Crippen LogP contribution in [-0.4, -0.2) is 5.97 Å². The van der Waals surface area contributed by atoms with Crippen LogP contribution >= 0.6 is 0 Å². The Hall–Kier alpha value is -3.08. The highest BCUT2D eigenvalue weighted by molar-refractivity contribution is 5.91. The fraction of sp³-hybridized carbons (Fsp3) is 0.174. The highest BCUT2D eigenvalue weighted by Gasteiger charge is 2.64. The molecule has 0 N–H and O–H groups in total. The summed E-state index contributed by atoms with van der Waals surface area (Å²) >= 11 is 0. The summed E-state index contributed by atoms with van der Waals surface area (Å²) in [4.78, 5) is 12.2. The third kappa shape index (κ3) is 2.97. The van der Waals surface area contributed by atoms with Crippen LogP contribution in [0.5, 0.6) is 5.75 Å². The highest BCUT2D eigenvalue weighted by atomic mass is 19.2. The number of hydrogen-bond acceptors (Lipinski definition) is 2. The molecule has 5 rings (SSSR count). The molecule has 0 radical (unpaired) electrons. The Morgan fingerprint density at radius 3 is 1.86 bits per heavy atom. The first kappa shape index (κ1) is 17.0. The number of rotatable bonds is 4. The van der Waals surface area contributed by atoms with Gasteiger partial charge in [-0.3, -0.25) is 0 Å². The van der Waals surface area contributed by atoms with E-state index >= 15 is 0 Å². The van der Waals surface area contributed by atoms with Gasteiger partial charge in [-0.1, -0.05) is 36.4 Å². The molecular formula is C23H15F3O2. The van der Waals surface area contributed by atoms with Crippen molar-refractivity contribution < 1.29 is 22.7 Å². The van der Waals surface area contributed by atoms with Crippen molar-refractivity contribution in [3.8, 4) is 16.9 Å². The second-order valence-corrected chi connectivity index (χ2v) is 7.38. The summed E-state index contributed by atoms with van der Waals surface area (Å²) in [6.45, 7) is 0. The van der Waals surface area contributed by atoms with E-state index in [1.807, 2.05) is 0 Å². The maximum absolute atomic E-state index is 13.2. The number of benzene rings is 3. The molecule has 5 heteroatoms. The van der Waals surface area contributed by atoms with Crippen molar-refractivity contribution in [3.05, 3.63) is 89.2 Å². The Balaban J connectivity index is 1.29. The van der Waals surface area contributed by atoms with Gasteiger partial charge >= 0.3 is 5.97 Å². The van der Waals surface area contributed by atoms with E-state index in [1.54, 1.807) is 24.3 Å². The number of carbonyl (C=O) groups excluding carboxylic acids is 1. The molecule has 3 aromatic carbocycles. The summed E-state index contributed by atoms with van der Waals surface area (Å²) in [6.07, 6.45) is 1.38. The molecule has 2 nitrogen and oxygen atoms in total. The zero-order valence-electron chi connectivity index (χ0n) is 14.7. The second-order valence-electron chi connectivity index (χ2n) is 7.38. The molecule has 2 atom stereocenters. The molecule has 2 unspecified atom stereocenters. The average molecular weight is 380 g/mol. The van der Waals surface area contributed by atoms with E-state index in [-0.39, 0.29) is 11.3 Å². The molecule has 28 heavy (non-hydrogen) atoms. The van der Waals surface area contributed by atoms with E-state index in [4.69, 9.17) is 4.74 Å². The molecule has 2 aliphatic rings. The van der Waals surface area contributed by atoms with Crippen molar-refractivity contribution in [2.75, 3.05) is 0 Å². The van der Waals surface area contributed by atoms with E-state index in [0.717, 1.165) is 28.9 Å². The predicted molar refractivity (Wildman–Crippen MR) is 97.5 cm³/mol. The minimum Gasteiger partial charge on any atom is -0.423 e. The fourth-order valence-electron chi connectivity index (χ4n) is 3.73. The summed E-state index contributed by atoms with van der Waals surface area (Å²) in [5.74, 6) is -3.01. The highest BCUT2D eigenvalue weighted by Crippen LogP contribution is 2.73. The predicted octanol–water partition coefficient (Wildman–Crippen LogP) is 5.72. The van der Waals surface area contributed by atoms with Gasteiger partial charge in [-0.15, -0.1) is 0 Å². The fourth-order valence-corrected chi connectivity index (χ4v) is 3.73. The SMILES string of the molecule is O=C(Oc1cc(F)c(F)c(F)c1)c1ccc(-c2ccc(C3C4CC43)cc2)cc1. The van der Waals surface area contributed by atoms with Crippen LogP contribution in [0.15, 0.2) is 60.7 Å². The molecule has 2 aliphatic carbocycles. The summed E-state index contributed by atoms with van der Waals surface area (Å²) < 4.78 is 44.4. The summed E-state index contributed by atoms with van der Waals surface area (Å²) in [6, 6.07) is 16.5. The van der Waals surface area contributed by atoms with Gasteiger partial charge in [-0.05, 0) is 53.0 Å². The van der Waals surface area contributed by atoms with Crippen molar-refractivity contribution in [3.63, 3.8) is 0 Å². The van der Waals surface area contributed by atoms with Crippen LogP contribution in [0.3, 0.4) is 0 Å². The Kier molecular flexibility index (Phi) is 3.79. The zero-order valence-corrected chi connectivity index (χ0v) is 14.7. The second kappa shape index (κ2) is 6.23. The molecule has 140 valence electrons. The maximum atomic E-state index is 13.2. The Bertz CT molecular complexity index is 1040. The number of hydrogen-bond donors (Lipinski definition) is 0. The lowest BCUT2D eigenvalue weighted by Gasteiger charge is -2.08. The minimum absolute atomic E-state index is 0.226. The van der Waals surface area contributed by atoms with E-state index in [2.05, 4.69) is 24.3 Å². The third-order valence-electron chi connectivity index (χ3n) is 5.59. The van der Waals surface area contributed by atoms with E-state index in [0.29, 0.717) is 12.1 Å². The Labute approximate surface area is 159 Å². The lowest BCUT2D eigenvalue weighted by atomic mass is 9.98. The maximum Gasteiger partial charge on any atom is 0.343 e. The van der Waals surface area contributed by atoms with Gasteiger partial charge in [0.25, 0.3) is 0 Å². The van der Waals surface area contributed by atoms with Crippen molar-refractivity contribution in [2.24, 2.45) is 11.8 Å². The lowest BCUT2D eigenvalue weighted by molar-refractivity contribution is 0.0733. The molecule has 0 aromatic heterocycles. The first-order valence-corrected chi connectivity index (χ1v) is 9.08. The Morgan fingerprint density at radius 2 is 1.36 bits per heavy atom. The van der Waals surface area contributed by atoms with Crippen LogP contribution in [0.2, 0.25) is 0 Å². The first-order chi connectivity index (χ1) is 13.5. The summed E-state index contributed by atoms with van der Waals surface area (Å²) in [7, 11) is 0. The third-order valence-corrected chi connectivity index (χ3v) is 5.59. The largest absolute Gasteiger partial charge is 0.423 e. The molecule has 2 saturated carbocycles. The minimum atomic E-state index is -1.60. The average Bonchev–Trinajstić information content (AvgIpc) is 3.59. The smallest absolute Gasteiger partial charge is 0.343 e. The number of halogens is 3. The van der Waals surface area contributed by atoms with Crippen LogP contribution < -0.4 is 4.74 Å². The van der Waals surface area contributed by atoms with Crippen molar-refractivity contribution in [2.45, 2.75) is 12.3 Å². The lowest BCUT2D eigenvalue weighted by Crippen LogP contribution is -2.09. The van der Waals surface area contributed by atoms with Gasteiger partial charge in [0, 0.05) is 12.1 Å². The normalized spacial score (nSPS) is 21.8. The van der Waals surface area contributed by atoms with Gasteiger partial charge in [-0.25, -0.2) is 18.0 Å². The Morgan fingerprint density at radius 1 is 0.821 bits per heavy atom. The van der Waals surface area contributed by atoms with Crippen LogP contribution in [0.1, 0.15) is 28.3 Å². The quantitative estimate of drug-likeness (QED) is 0.329. The van der Waals surface area contributed by atoms with Gasteiger partial charge < -0.3 is 4.74 Å². The van der Waals surface area contributed by atoms with E-state index in [9.17, 15) is 18.0 Å². The zero-order chi connectivity index (χ0) is 19.4. The van der Waals surface area contributed by atoms with E-state index in [1.165, 1.54) is 12.0 Å². The van der Waals surface area contributed by atoms with E-state index < -0.39 is 23.4 Å². The number of fused-ring (bicyclic) bond motifs is 1. The van der Waals surface area contributed by atoms with Gasteiger partial charge in [0.2, 0.25) is 0 Å². The van der Waals surface area contributed by atoms with Crippen LogP contribution in [-0.2, 0) is 0 Å². The summed E-state index contributed by atoms with van der Waals surface area (Å²) in [5, 5.41) is 0. The molecule has 0 amide bonds. The van der Waals surface area contributed by atoms with Crippen molar-refractivity contribution >= 4 is 5.97 Å². The molecular weight excluding hydrogens is 365 g/mol. The van der Waals surface area contributed by atoms with Gasteiger partial charge in [0.1, 0.15) is 5.75 Å². The first-order valence-electron chi connectivity index (χ1n) is 9.08. The number of carbonyl (C=O) groups is 1.